The summed E-state index contributed by atoms with van der Waals surface area (Å²) in [6.07, 6.45) is 0. The van der Waals surface area contributed by atoms with Crippen molar-refractivity contribution in [2.75, 3.05) is 12.4 Å². The summed E-state index contributed by atoms with van der Waals surface area (Å²) >= 11 is 0. The Hall–Kier alpha value is -3.31. The van der Waals surface area contributed by atoms with Gasteiger partial charge in [-0.05, 0) is 41.0 Å². The van der Waals surface area contributed by atoms with Gasteiger partial charge in [-0.15, -0.1) is 0 Å². The molecule has 0 saturated heterocycles. The number of nitrogens with one attached hydrogen (secondary N) is 1. The first-order valence-corrected chi connectivity index (χ1v) is 9.14. The second-order valence-electron chi connectivity index (χ2n) is 6.30. The van der Waals surface area contributed by atoms with Crippen molar-refractivity contribution in [2.24, 2.45) is 10.7 Å². The molecule has 0 fully saturated rings. The van der Waals surface area contributed by atoms with E-state index in [4.69, 9.17) is 15.2 Å². The molecule has 0 aliphatic carbocycles. The summed E-state index contributed by atoms with van der Waals surface area (Å²) in [5.74, 6) is 1.16. The van der Waals surface area contributed by atoms with Crippen LogP contribution in [-0.4, -0.2) is 13.1 Å². The van der Waals surface area contributed by atoms with Gasteiger partial charge >= 0.3 is 0 Å². The Balaban J connectivity index is 1.56. The smallest absolute Gasteiger partial charge is 0.193 e. The van der Waals surface area contributed by atoms with Crippen molar-refractivity contribution >= 4 is 11.6 Å². The molecule has 3 N–H and O–H groups in total. The van der Waals surface area contributed by atoms with Crippen LogP contribution < -0.4 is 15.8 Å². The SMILES string of the molecule is COc1ccc(NC(N)=NCc2ccccc2COCc2ccccc2)cc1. The quantitative estimate of drug-likeness (QED) is 0.454. The summed E-state index contributed by atoms with van der Waals surface area (Å²) in [6, 6.07) is 25.8. The molecule has 0 radical (unpaired) electrons. The van der Waals surface area contributed by atoms with Gasteiger partial charge in [-0.3, -0.25) is 0 Å². The van der Waals surface area contributed by atoms with Crippen LogP contribution in [0.5, 0.6) is 5.75 Å². The summed E-state index contributed by atoms with van der Waals surface area (Å²) in [5.41, 5.74) is 10.3. The predicted octanol–water partition coefficient (Wildman–Crippen LogP) is 4.34. The Morgan fingerprint density at radius 1 is 0.857 bits per heavy atom. The highest BCUT2D eigenvalue weighted by molar-refractivity contribution is 5.92. The van der Waals surface area contributed by atoms with Crippen LogP contribution in [0.1, 0.15) is 16.7 Å². The lowest BCUT2D eigenvalue weighted by Gasteiger charge is -2.10. The number of nitrogens with zero attached hydrogens (tertiary/aromatic N) is 1. The molecule has 144 valence electrons. The van der Waals surface area contributed by atoms with Crippen LogP contribution in [0.2, 0.25) is 0 Å². The molecule has 3 aromatic carbocycles. The number of hydrogen-bond acceptors (Lipinski definition) is 3. The van der Waals surface area contributed by atoms with Crippen molar-refractivity contribution in [2.45, 2.75) is 19.8 Å². The molecular formula is C23H25N3O2. The summed E-state index contributed by atoms with van der Waals surface area (Å²) in [5, 5.41) is 3.09. The highest BCUT2D eigenvalue weighted by atomic mass is 16.5. The van der Waals surface area contributed by atoms with E-state index in [1.165, 1.54) is 0 Å². The van der Waals surface area contributed by atoms with E-state index in [0.717, 1.165) is 28.1 Å². The normalized spacial score (nSPS) is 11.2. The van der Waals surface area contributed by atoms with Gasteiger partial charge < -0.3 is 20.5 Å². The molecule has 0 aromatic heterocycles. The molecule has 3 rings (SSSR count). The Labute approximate surface area is 165 Å². The van der Waals surface area contributed by atoms with Crippen molar-refractivity contribution in [3.8, 4) is 5.75 Å². The van der Waals surface area contributed by atoms with Gasteiger partial charge in [-0.1, -0.05) is 54.6 Å². The van der Waals surface area contributed by atoms with Crippen LogP contribution in [-0.2, 0) is 24.5 Å². The highest BCUT2D eigenvalue weighted by Gasteiger charge is 2.03. The fourth-order valence-electron chi connectivity index (χ4n) is 2.74. The molecule has 5 nitrogen and oxygen atoms in total. The fraction of sp³-hybridized carbons (Fsp3) is 0.174. The molecule has 0 spiro atoms. The summed E-state index contributed by atoms with van der Waals surface area (Å²) in [6.45, 7) is 1.60. The molecule has 0 bridgehead atoms. The lowest BCUT2D eigenvalue weighted by molar-refractivity contribution is 0.106. The third kappa shape index (κ3) is 5.86. The maximum atomic E-state index is 6.03. The molecule has 0 unspecified atom stereocenters. The van der Waals surface area contributed by atoms with Gasteiger partial charge in [0.05, 0.1) is 26.9 Å². The van der Waals surface area contributed by atoms with Gasteiger partial charge in [0.2, 0.25) is 0 Å². The largest absolute Gasteiger partial charge is 0.497 e. The highest BCUT2D eigenvalue weighted by Crippen LogP contribution is 2.15. The van der Waals surface area contributed by atoms with E-state index in [-0.39, 0.29) is 0 Å². The zero-order valence-corrected chi connectivity index (χ0v) is 16.0. The van der Waals surface area contributed by atoms with E-state index in [9.17, 15) is 0 Å². The minimum absolute atomic E-state index is 0.366. The van der Waals surface area contributed by atoms with E-state index in [0.29, 0.717) is 25.7 Å². The zero-order valence-electron chi connectivity index (χ0n) is 16.0. The molecule has 0 heterocycles. The minimum atomic E-state index is 0.366. The van der Waals surface area contributed by atoms with E-state index in [1.54, 1.807) is 7.11 Å². The van der Waals surface area contributed by atoms with E-state index in [2.05, 4.69) is 28.5 Å². The topological polar surface area (TPSA) is 68.9 Å². The average Bonchev–Trinajstić information content (AvgIpc) is 2.74. The lowest BCUT2D eigenvalue weighted by Crippen LogP contribution is -2.22. The number of benzene rings is 3. The first kappa shape index (κ1) is 19.5. The van der Waals surface area contributed by atoms with Crippen LogP contribution in [0.25, 0.3) is 0 Å². The third-order valence-electron chi connectivity index (χ3n) is 4.27. The van der Waals surface area contributed by atoms with E-state index in [1.807, 2.05) is 60.7 Å². The zero-order chi connectivity index (χ0) is 19.6. The lowest BCUT2D eigenvalue weighted by atomic mass is 10.1. The second-order valence-corrected chi connectivity index (χ2v) is 6.30. The summed E-state index contributed by atoms with van der Waals surface area (Å²) < 4.78 is 11.0. The first-order chi connectivity index (χ1) is 13.7. The number of hydrogen-bond donors (Lipinski definition) is 2. The number of rotatable bonds is 8. The van der Waals surface area contributed by atoms with Crippen molar-refractivity contribution in [1.82, 2.24) is 0 Å². The van der Waals surface area contributed by atoms with Gasteiger partial charge in [0.15, 0.2) is 5.96 Å². The van der Waals surface area contributed by atoms with Gasteiger partial charge in [-0.25, -0.2) is 4.99 Å². The van der Waals surface area contributed by atoms with Crippen molar-refractivity contribution in [1.29, 1.82) is 0 Å². The number of aliphatic imine (C=N–C) groups is 1. The maximum Gasteiger partial charge on any atom is 0.193 e. The number of anilines is 1. The van der Waals surface area contributed by atoms with Gasteiger partial charge in [-0.2, -0.15) is 0 Å². The first-order valence-electron chi connectivity index (χ1n) is 9.14. The molecule has 3 aromatic rings. The van der Waals surface area contributed by atoms with Crippen molar-refractivity contribution in [3.63, 3.8) is 0 Å². The summed E-state index contributed by atoms with van der Waals surface area (Å²) in [4.78, 5) is 4.46. The molecule has 0 saturated carbocycles. The van der Waals surface area contributed by atoms with Gasteiger partial charge in [0.25, 0.3) is 0 Å². The van der Waals surface area contributed by atoms with Crippen molar-refractivity contribution < 1.29 is 9.47 Å². The Morgan fingerprint density at radius 3 is 2.25 bits per heavy atom. The van der Waals surface area contributed by atoms with Crippen LogP contribution in [0.15, 0.2) is 83.9 Å². The van der Waals surface area contributed by atoms with Gasteiger partial charge in [0.1, 0.15) is 5.75 Å². The minimum Gasteiger partial charge on any atom is -0.497 e. The fourth-order valence-corrected chi connectivity index (χ4v) is 2.74. The number of methoxy groups -OCH3 is 1. The maximum absolute atomic E-state index is 6.03. The molecule has 0 amide bonds. The Kier molecular flexibility index (Phi) is 7.04. The van der Waals surface area contributed by atoms with Crippen molar-refractivity contribution in [3.05, 3.63) is 95.6 Å². The van der Waals surface area contributed by atoms with Gasteiger partial charge in [0, 0.05) is 5.69 Å². The molecule has 0 aliphatic heterocycles. The second kappa shape index (κ2) is 10.1. The average molecular weight is 375 g/mol. The Bertz CT molecular complexity index is 893. The number of guanidine groups is 1. The van der Waals surface area contributed by atoms with E-state index >= 15 is 0 Å². The number of ether oxygens (including phenoxy) is 2. The molecule has 0 atom stereocenters. The Morgan fingerprint density at radius 2 is 1.54 bits per heavy atom. The summed E-state index contributed by atoms with van der Waals surface area (Å²) in [7, 11) is 1.64. The molecule has 0 aliphatic rings. The molecule has 5 heteroatoms. The van der Waals surface area contributed by atoms with Crippen LogP contribution in [0, 0.1) is 0 Å². The van der Waals surface area contributed by atoms with Crippen LogP contribution >= 0.6 is 0 Å². The standard InChI is InChI=1S/C23H25N3O2/c1-27-22-13-11-21(12-14-22)26-23(24)25-15-19-9-5-6-10-20(19)17-28-16-18-7-3-2-4-8-18/h2-14H,15-17H2,1H3,(H3,24,25,26). The predicted molar refractivity (Wildman–Crippen MR) is 113 cm³/mol. The number of nitrogens with two attached hydrogens (primary N) is 1. The van der Waals surface area contributed by atoms with Crippen LogP contribution in [0.3, 0.4) is 0 Å². The molecular weight excluding hydrogens is 350 g/mol. The molecule has 28 heavy (non-hydrogen) atoms. The monoisotopic (exact) mass is 375 g/mol. The van der Waals surface area contributed by atoms with E-state index < -0.39 is 0 Å². The third-order valence-corrected chi connectivity index (χ3v) is 4.27. The van der Waals surface area contributed by atoms with Crippen LogP contribution in [0.4, 0.5) is 5.69 Å².